The first kappa shape index (κ1) is 21.1. The largest absolute Gasteiger partial charge is 0.357 e. The smallest absolute Gasteiger partial charge is 0.322 e. The standard InChI is InChI=1S/C25H28FN3O2/c1-4-13-27-24(31)29-20-8-6-5-7-18(20)28-19-14-25(2,3)15-21(30)22(19)23(29)16-9-11-17(26)12-10-16/h5-12,23,28H,4,13-15H2,1-3H3,(H,27,31)/t23-/m0/s1. The molecule has 0 fully saturated rings. The average molecular weight is 422 g/mol. The Bertz CT molecular complexity index is 1040. The van der Waals surface area contributed by atoms with Crippen LogP contribution in [-0.2, 0) is 4.79 Å². The summed E-state index contributed by atoms with van der Waals surface area (Å²) < 4.78 is 13.7. The molecule has 162 valence electrons. The van der Waals surface area contributed by atoms with Crippen LogP contribution in [0.5, 0.6) is 0 Å². The maximum absolute atomic E-state index is 13.7. The molecule has 31 heavy (non-hydrogen) atoms. The Morgan fingerprint density at radius 2 is 1.87 bits per heavy atom. The minimum Gasteiger partial charge on any atom is -0.357 e. The van der Waals surface area contributed by atoms with Crippen molar-refractivity contribution < 1.29 is 14.0 Å². The van der Waals surface area contributed by atoms with Gasteiger partial charge in [0, 0.05) is 24.2 Å². The van der Waals surface area contributed by atoms with Gasteiger partial charge in [0.05, 0.1) is 17.4 Å². The minimum absolute atomic E-state index is 0.00849. The molecule has 1 atom stereocenters. The predicted octanol–water partition coefficient (Wildman–Crippen LogP) is 5.56. The van der Waals surface area contributed by atoms with Crippen molar-refractivity contribution in [3.63, 3.8) is 0 Å². The number of hydrogen-bond donors (Lipinski definition) is 2. The van der Waals surface area contributed by atoms with Gasteiger partial charge in [-0.1, -0.05) is 45.0 Å². The second-order valence-corrected chi connectivity index (χ2v) is 9.03. The van der Waals surface area contributed by atoms with Gasteiger partial charge in [0.25, 0.3) is 0 Å². The number of ketones is 1. The summed E-state index contributed by atoms with van der Waals surface area (Å²) in [5, 5.41) is 6.42. The average Bonchev–Trinajstić information content (AvgIpc) is 2.86. The topological polar surface area (TPSA) is 61.4 Å². The normalized spacial score (nSPS) is 19.8. The number of halogens is 1. The minimum atomic E-state index is -0.646. The van der Waals surface area contributed by atoms with Crippen molar-refractivity contribution in [3.05, 3.63) is 71.2 Å². The van der Waals surface area contributed by atoms with Crippen molar-refractivity contribution in [3.8, 4) is 0 Å². The highest BCUT2D eigenvalue weighted by molar-refractivity contribution is 6.06. The number of nitrogens with zero attached hydrogens (tertiary/aromatic N) is 1. The van der Waals surface area contributed by atoms with Gasteiger partial charge in [-0.15, -0.1) is 0 Å². The van der Waals surface area contributed by atoms with Gasteiger partial charge in [-0.25, -0.2) is 9.18 Å². The fourth-order valence-corrected chi connectivity index (χ4v) is 4.49. The fraction of sp³-hybridized carbons (Fsp3) is 0.360. The lowest BCUT2D eigenvalue weighted by Crippen LogP contribution is -2.45. The van der Waals surface area contributed by atoms with E-state index in [0.29, 0.717) is 36.2 Å². The summed E-state index contributed by atoms with van der Waals surface area (Å²) in [6.07, 6.45) is 1.87. The highest BCUT2D eigenvalue weighted by atomic mass is 19.1. The number of allylic oxidation sites excluding steroid dienone is 1. The van der Waals surface area contributed by atoms with Crippen LogP contribution in [0.15, 0.2) is 59.8 Å². The van der Waals surface area contributed by atoms with E-state index in [4.69, 9.17) is 0 Å². The third-order valence-electron chi connectivity index (χ3n) is 5.83. The molecule has 0 radical (unpaired) electrons. The lowest BCUT2D eigenvalue weighted by Gasteiger charge is -2.37. The number of Topliss-reactive ketones (excluding diaryl/α,β-unsaturated/α-hetero) is 1. The first-order chi connectivity index (χ1) is 14.8. The summed E-state index contributed by atoms with van der Waals surface area (Å²) >= 11 is 0. The Labute approximate surface area is 182 Å². The molecule has 0 aromatic heterocycles. The molecule has 2 aromatic carbocycles. The van der Waals surface area contributed by atoms with E-state index in [1.807, 2.05) is 31.2 Å². The van der Waals surface area contributed by atoms with E-state index < -0.39 is 6.04 Å². The van der Waals surface area contributed by atoms with Crippen LogP contribution in [0, 0.1) is 11.2 Å². The molecule has 4 rings (SSSR count). The highest BCUT2D eigenvalue weighted by Gasteiger charge is 2.43. The summed E-state index contributed by atoms with van der Waals surface area (Å²) in [6.45, 7) is 6.66. The fourth-order valence-electron chi connectivity index (χ4n) is 4.49. The lowest BCUT2D eigenvalue weighted by atomic mass is 9.73. The predicted molar refractivity (Wildman–Crippen MR) is 120 cm³/mol. The van der Waals surface area contributed by atoms with Crippen LogP contribution in [0.2, 0.25) is 0 Å². The maximum atomic E-state index is 13.7. The van der Waals surface area contributed by atoms with Gasteiger partial charge in [0.2, 0.25) is 0 Å². The lowest BCUT2D eigenvalue weighted by molar-refractivity contribution is -0.118. The third-order valence-corrected chi connectivity index (χ3v) is 5.83. The quantitative estimate of drug-likeness (QED) is 0.682. The second-order valence-electron chi connectivity index (χ2n) is 9.03. The van der Waals surface area contributed by atoms with Crippen LogP contribution >= 0.6 is 0 Å². The van der Waals surface area contributed by atoms with Crippen LogP contribution < -0.4 is 15.5 Å². The van der Waals surface area contributed by atoms with Crippen LogP contribution in [0.4, 0.5) is 20.6 Å². The van der Waals surface area contributed by atoms with Gasteiger partial charge in [0.1, 0.15) is 5.82 Å². The SMILES string of the molecule is CCCNC(=O)N1c2ccccc2NC2=C(C(=O)CC(C)(C)C2)[C@@H]1c1ccc(F)cc1. The molecular formula is C25H28FN3O2. The van der Waals surface area contributed by atoms with Gasteiger partial charge in [0.15, 0.2) is 5.78 Å². The number of carbonyl (C=O) groups is 2. The van der Waals surface area contributed by atoms with E-state index in [0.717, 1.165) is 17.8 Å². The number of para-hydroxylation sites is 2. The van der Waals surface area contributed by atoms with E-state index in [-0.39, 0.29) is 23.0 Å². The molecule has 0 saturated carbocycles. The number of benzene rings is 2. The molecular weight excluding hydrogens is 393 g/mol. The number of hydrogen-bond acceptors (Lipinski definition) is 3. The van der Waals surface area contributed by atoms with E-state index in [2.05, 4.69) is 24.5 Å². The highest BCUT2D eigenvalue weighted by Crippen LogP contribution is 2.48. The molecule has 0 saturated heterocycles. The number of amides is 2. The Morgan fingerprint density at radius 1 is 1.16 bits per heavy atom. The molecule has 5 nitrogen and oxygen atoms in total. The molecule has 0 unspecified atom stereocenters. The van der Waals surface area contributed by atoms with Crippen LogP contribution in [-0.4, -0.2) is 18.4 Å². The van der Waals surface area contributed by atoms with Gasteiger partial charge in [-0.05, 0) is 48.1 Å². The zero-order valence-corrected chi connectivity index (χ0v) is 18.2. The number of urea groups is 1. The van der Waals surface area contributed by atoms with Crippen molar-refractivity contribution in [2.75, 3.05) is 16.8 Å². The van der Waals surface area contributed by atoms with Gasteiger partial charge in [-0.2, -0.15) is 0 Å². The monoisotopic (exact) mass is 421 g/mol. The number of carbonyl (C=O) groups excluding carboxylic acids is 2. The summed E-state index contributed by atoms with van der Waals surface area (Å²) in [7, 11) is 0. The summed E-state index contributed by atoms with van der Waals surface area (Å²) in [4.78, 5) is 28.5. The Kier molecular flexibility index (Phi) is 5.56. The number of nitrogens with one attached hydrogen (secondary N) is 2. The van der Waals surface area contributed by atoms with Crippen molar-refractivity contribution in [1.82, 2.24) is 5.32 Å². The molecule has 2 aliphatic rings. The van der Waals surface area contributed by atoms with Gasteiger partial charge < -0.3 is 10.6 Å². The van der Waals surface area contributed by atoms with Crippen LogP contribution in [0.1, 0.15) is 51.6 Å². The molecule has 1 aliphatic heterocycles. The first-order valence-electron chi connectivity index (χ1n) is 10.8. The van der Waals surface area contributed by atoms with Crippen molar-refractivity contribution in [2.45, 2.75) is 46.1 Å². The Morgan fingerprint density at radius 3 is 2.58 bits per heavy atom. The van der Waals surface area contributed by atoms with Crippen molar-refractivity contribution >= 4 is 23.2 Å². The maximum Gasteiger partial charge on any atom is 0.322 e. The number of anilines is 2. The zero-order chi connectivity index (χ0) is 22.2. The Balaban J connectivity index is 1.96. The summed E-state index contributed by atoms with van der Waals surface area (Å²) in [6, 6.07) is 12.7. The van der Waals surface area contributed by atoms with Crippen LogP contribution in [0.3, 0.4) is 0 Å². The van der Waals surface area contributed by atoms with E-state index in [9.17, 15) is 14.0 Å². The molecule has 0 spiro atoms. The first-order valence-corrected chi connectivity index (χ1v) is 10.8. The molecule has 1 aliphatic carbocycles. The second kappa shape index (κ2) is 8.17. The molecule has 0 bridgehead atoms. The molecule has 2 N–H and O–H groups in total. The Hall–Kier alpha value is -3.15. The van der Waals surface area contributed by atoms with Crippen molar-refractivity contribution in [1.29, 1.82) is 0 Å². The number of fused-ring (bicyclic) bond motifs is 1. The zero-order valence-electron chi connectivity index (χ0n) is 18.2. The molecule has 2 aromatic rings. The summed E-state index contributed by atoms with van der Waals surface area (Å²) in [5.41, 5.74) is 3.38. The number of rotatable bonds is 3. The van der Waals surface area contributed by atoms with E-state index >= 15 is 0 Å². The molecule has 6 heteroatoms. The van der Waals surface area contributed by atoms with Gasteiger partial charge >= 0.3 is 6.03 Å². The van der Waals surface area contributed by atoms with E-state index in [1.165, 1.54) is 12.1 Å². The van der Waals surface area contributed by atoms with E-state index in [1.54, 1.807) is 17.0 Å². The molecule has 2 amide bonds. The summed E-state index contributed by atoms with van der Waals surface area (Å²) in [5.74, 6) is -0.350. The van der Waals surface area contributed by atoms with Crippen LogP contribution in [0.25, 0.3) is 0 Å². The molecule has 1 heterocycles. The van der Waals surface area contributed by atoms with Crippen molar-refractivity contribution in [2.24, 2.45) is 5.41 Å². The van der Waals surface area contributed by atoms with Gasteiger partial charge in [-0.3, -0.25) is 9.69 Å². The third kappa shape index (κ3) is 4.07.